The summed E-state index contributed by atoms with van der Waals surface area (Å²) in [7, 11) is 0. The van der Waals surface area contributed by atoms with Crippen LogP contribution in [0.3, 0.4) is 0 Å². The maximum Gasteiger partial charge on any atom is 0.224 e. The Balaban J connectivity index is 1.25. The molecule has 31 heavy (non-hydrogen) atoms. The summed E-state index contributed by atoms with van der Waals surface area (Å²) in [5.74, 6) is 0.506. The van der Waals surface area contributed by atoms with E-state index < -0.39 is 6.10 Å². The number of nitrogens with zero attached hydrogens (tertiary/aromatic N) is 1. The number of carbonyl (C=O) groups is 1. The second-order valence-electron chi connectivity index (χ2n) is 8.91. The Kier molecular flexibility index (Phi) is 5.40. The monoisotopic (exact) mass is 438 g/mol. The molecule has 1 aromatic heterocycles. The van der Waals surface area contributed by atoms with Crippen LogP contribution in [0.4, 0.5) is 10.1 Å². The number of aromatic nitrogens is 1. The molecular formula is C25H24ClFN2O2. The van der Waals surface area contributed by atoms with E-state index in [2.05, 4.69) is 10.3 Å². The largest absolute Gasteiger partial charge is 0.392 e. The Morgan fingerprint density at radius 2 is 1.94 bits per heavy atom. The average Bonchev–Trinajstić information content (AvgIpc) is 3.27. The van der Waals surface area contributed by atoms with Crippen molar-refractivity contribution in [3.05, 3.63) is 71.1 Å². The first-order chi connectivity index (χ1) is 15.0. The molecule has 2 aliphatic carbocycles. The van der Waals surface area contributed by atoms with Crippen LogP contribution >= 0.6 is 11.6 Å². The van der Waals surface area contributed by atoms with Gasteiger partial charge in [-0.1, -0.05) is 11.6 Å². The van der Waals surface area contributed by atoms with Crippen LogP contribution < -0.4 is 5.32 Å². The smallest absolute Gasteiger partial charge is 0.224 e. The van der Waals surface area contributed by atoms with Gasteiger partial charge in [-0.25, -0.2) is 4.39 Å². The minimum Gasteiger partial charge on any atom is -0.392 e. The normalized spacial score (nSPS) is 27.4. The van der Waals surface area contributed by atoms with E-state index in [1.165, 1.54) is 12.1 Å². The van der Waals surface area contributed by atoms with Gasteiger partial charge < -0.3 is 10.4 Å². The molecule has 1 heterocycles. The molecule has 2 aliphatic rings. The molecule has 1 amide bonds. The van der Waals surface area contributed by atoms with Crippen molar-refractivity contribution in [3.63, 3.8) is 0 Å². The standard InChI is InChI=1S/C25H24ClFN2O2/c26-16-1-4-18(5-2-16)29-24(30)11-14-9-15-12-22(25(31)20(15)10-14)19-7-8-28-23-6-3-17(27)13-21(19)23/h1-8,13-15,20,22,25,31H,9-12H2,(H,29,30)/t14-,15-,20-,22+,25?/m1/s1. The number of hydrogen-bond donors (Lipinski definition) is 2. The number of carbonyl (C=O) groups excluding carboxylic acids is 1. The highest BCUT2D eigenvalue weighted by Gasteiger charge is 2.48. The molecule has 6 heteroatoms. The second kappa shape index (κ2) is 8.21. The third-order valence-electron chi connectivity index (χ3n) is 6.99. The lowest BCUT2D eigenvalue weighted by Gasteiger charge is -2.21. The quantitative estimate of drug-likeness (QED) is 0.561. The van der Waals surface area contributed by atoms with E-state index in [4.69, 9.17) is 11.6 Å². The number of rotatable bonds is 4. The molecule has 0 radical (unpaired) electrons. The molecule has 0 aliphatic heterocycles. The molecule has 2 aromatic carbocycles. The van der Waals surface area contributed by atoms with Gasteiger partial charge in [0, 0.05) is 34.6 Å². The summed E-state index contributed by atoms with van der Waals surface area (Å²) in [5.41, 5.74) is 2.47. The number of fused-ring (bicyclic) bond motifs is 2. The Labute approximate surface area is 185 Å². The van der Waals surface area contributed by atoms with E-state index in [1.807, 2.05) is 6.07 Å². The Morgan fingerprint density at radius 3 is 2.71 bits per heavy atom. The van der Waals surface area contributed by atoms with Crippen LogP contribution in [0.5, 0.6) is 0 Å². The van der Waals surface area contributed by atoms with Crippen LogP contribution in [0.1, 0.15) is 37.2 Å². The third-order valence-corrected chi connectivity index (χ3v) is 7.25. The van der Waals surface area contributed by atoms with Gasteiger partial charge in [0.1, 0.15) is 5.82 Å². The summed E-state index contributed by atoms with van der Waals surface area (Å²) >= 11 is 5.89. The molecule has 4 nitrogen and oxygen atoms in total. The number of aliphatic hydroxyl groups is 1. The first-order valence-electron chi connectivity index (χ1n) is 10.8. The van der Waals surface area contributed by atoms with E-state index in [1.54, 1.807) is 36.5 Å². The van der Waals surface area contributed by atoms with Gasteiger partial charge in [0.25, 0.3) is 0 Å². The molecule has 5 rings (SSSR count). The average molecular weight is 439 g/mol. The van der Waals surface area contributed by atoms with E-state index in [0.717, 1.165) is 41.4 Å². The molecule has 2 N–H and O–H groups in total. The zero-order valence-corrected chi connectivity index (χ0v) is 17.7. The lowest BCUT2D eigenvalue weighted by Crippen LogP contribution is -2.21. The molecule has 3 aromatic rings. The van der Waals surface area contributed by atoms with Crippen molar-refractivity contribution in [2.24, 2.45) is 17.8 Å². The molecule has 0 bridgehead atoms. The summed E-state index contributed by atoms with van der Waals surface area (Å²) in [5, 5.41) is 15.5. The summed E-state index contributed by atoms with van der Waals surface area (Å²) in [4.78, 5) is 16.8. The van der Waals surface area contributed by atoms with Crippen LogP contribution in [0, 0.1) is 23.6 Å². The lowest BCUT2D eigenvalue weighted by molar-refractivity contribution is -0.117. The van der Waals surface area contributed by atoms with Crippen LogP contribution in [0.25, 0.3) is 10.9 Å². The fourth-order valence-electron chi connectivity index (χ4n) is 5.68. The molecule has 0 spiro atoms. The third kappa shape index (κ3) is 4.04. The summed E-state index contributed by atoms with van der Waals surface area (Å²) < 4.78 is 13.8. The molecule has 5 atom stereocenters. The summed E-state index contributed by atoms with van der Waals surface area (Å²) in [6.45, 7) is 0. The minimum atomic E-state index is -0.483. The molecule has 1 unspecified atom stereocenters. The molecule has 2 saturated carbocycles. The second-order valence-corrected chi connectivity index (χ2v) is 9.35. The number of anilines is 1. The van der Waals surface area contributed by atoms with Gasteiger partial charge in [0.15, 0.2) is 0 Å². The van der Waals surface area contributed by atoms with E-state index >= 15 is 0 Å². The van der Waals surface area contributed by atoms with Crippen molar-refractivity contribution >= 4 is 34.1 Å². The fourth-order valence-corrected chi connectivity index (χ4v) is 5.80. The Hall–Kier alpha value is -2.50. The minimum absolute atomic E-state index is 0.00561. The molecular weight excluding hydrogens is 415 g/mol. The van der Waals surface area contributed by atoms with Gasteiger partial charge in [-0.15, -0.1) is 0 Å². The van der Waals surface area contributed by atoms with Gasteiger partial charge in [0.05, 0.1) is 11.6 Å². The molecule has 2 fully saturated rings. The number of nitrogens with one attached hydrogen (secondary N) is 1. The number of pyridine rings is 1. The number of aliphatic hydroxyl groups excluding tert-OH is 1. The van der Waals surface area contributed by atoms with Crippen LogP contribution in [0.2, 0.25) is 5.02 Å². The Morgan fingerprint density at radius 1 is 1.13 bits per heavy atom. The highest BCUT2D eigenvalue weighted by Crippen LogP contribution is 2.54. The molecule has 160 valence electrons. The lowest BCUT2D eigenvalue weighted by atomic mass is 9.88. The number of hydrogen-bond acceptors (Lipinski definition) is 3. The zero-order chi connectivity index (χ0) is 21.5. The van der Waals surface area contributed by atoms with Gasteiger partial charge in [-0.3, -0.25) is 9.78 Å². The van der Waals surface area contributed by atoms with Gasteiger partial charge in [-0.2, -0.15) is 0 Å². The van der Waals surface area contributed by atoms with Crippen molar-refractivity contribution in [1.29, 1.82) is 0 Å². The first kappa shape index (κ1) is 20.4. The first-order valence-corrected chi connectivity index (χ1v) is 11.1. The number of halogens is 2. The van der Waals surface area contributed by atoms with Gasteiger partial charge in [0.2, 0.25) is 5.91 Å². The highest BCUT2D eigenvalue weighted by molar-refractivity contribution is 6.30. The van der Waals surface area contributed by atoms with Gasteiger partial charge >= 0.3 is 0 Å². The van der Waals surface area contributed by atoms with Crippen molar-refractivity contribution in [2.45, 2.75) is 37.7 Å². The topological polar surface area (TPSA) is 62.2 Å². The maximum atomic E-state index is 13.8. The predicted octanol–water partition coefficient (Wildman–Crippen LogP) is 5.55. The Bertz CT molecular complexity index is 1120. The van der Waals surface area contributed by atoms with E-state index in [9.17, 15) is 14.3 Å². The molecule has 0 saturated heterocycles. The van der Waals surface area contributed by atoms with Crippen molar-refractivity contribution < 1.29 is 14.3 Å². The van der Waals surface area contributed by atoms with Gasteiger partial charge in [-0.05, 0) is 91.1 Å². The number of amides is 1. The fraction of sp³-hybridized carbons (Fsp3) is 0.360. The van der Waals surface area contributed by atoms with Crippen LogP contribution in [0.15, 0.2) is 54.7 Å². The maximum absolute atomic E-state index is 13.8. The van der Waals surface area contributed by atoms with Crippen LogP contribution in [-0.2, 0) is 4.79 Å². The van der Waals surface area contributed by atoms with Crippen molar-refractivity contribution in [3.8, 4) is 0 Å². The van der Waals surface area contributed by atoms with E-state index in [0.29, 0.717) is 17.4 Å². The summed E-state index contributed by atoms with van der Waals surface area (Å²) in [6, 6.07) is 13.6. The predicted molar refractivity (Wildman–Crippen MR) is 119 cm³/mol. The van der Waals surface area contributed by atoms with Crippen molar-refractivity contribution in [2.75, 3.05) is 5.32 Å². The number of benzene rings is 2. The van der Waals surface area contributed by atoms with Crippen molar-refractivity contribution in [1.82, 2.24) is 4.98 Å². The highest BCUT2D eigenvalue weighted by atomic mass is 35.5. The van der Waals surface area contributed by atoms with Crippen LogP contribution in [-0.4, -0.2) is 22.1 Å². The van der Waals surface area contributed by atoms with E-state index in [-0.39, 0.29) is 29.5 Å². The SMILES string of the molecule is O=C(C[C@@H]1C[C@@H]2C[C@@H](c3ccnc4ccc(F)cc34)C(O)[C@@H]2C1)Nc1ccc(Cl)cc1. The summed E-state index contributed by atoms with van der Waals surface area (Å²) in [6.07, 6.45) is 4.34. The zero-order valence-electron chi connectivity index (χ0n) is 17.0.